The molecule has 2 N–H and O–H groups in total. The van der Waals surface area contributed by atoms with Gasteiger partial charge in [-0.05, 0) is 54.4 Å². The summed E-state index contributed by atoms with van der Waals surface area (Å²) in [5, 5.41) is 32.4. The molecule has 10 nitrogen and oxygen atoms in total. The molecule has 0 bridgehead atoms. The number of Topliss-reactive ketones (excluding diaryl/α,β-unsaturated/α-hetero) is 1. The number of nitro groups is 1. The monoisotopic (exact) mass is 504 g/mol. The first-order valence-electron chi connectivity index (χ1n) is 11.4. The van der Waals surface area contributed by atoms with E-state index in [9.17, 15) is 29.9 Å². The molecule has 0 aliphatic carbocycles. The Bertz CT molecular complexity index is 1380. The normalized spacial score (nSPS) is 16.6. The highest BCUT2D eigenvalue weighted by atomic mass is 16.6. The van der Waals surface area contributed by atoms with Gasteiger partial charge < -0.3 is 24.6 Å². The average Bonchev–Trinajstić information content (AvgIpc) is 3.15. The molecule has 1 unspecified atom stereocenters. The zero-order valence-electron chi connectivity index (χ0n) is 20.1. The number of hydrogen-bond acceptors (Lipinski definition) is 8. The second-order valence-electron chi connectivity index (χ2n) is 8.24. The van der Waals surface area contributed by atoms with Crippen molar-refractivity contribution in [2.24, 2.45) is 0 Å². The Hall–Kier alpha value is -4.86. The minimum absolute atomic E-state index is 0.0428. The smallest absolute Gasteiger partial charge is 0.295 e. The molecule has 0 saturated carbocycles. The Morgan fingerprint density at radius 1 is 1.05 bits per heavy atom. The quantitative estimate of drug-likeness (QED) is 0.152. The highest BCUT2D eigenvalue weighted by Gasteiger charge is 2.46. The third kappa shape index (κ3) is 4.94. The van der Waals surface area contributed by atoms with Crippen LogP contribution in [0.15, 0.2) is 72.3 Å². The van der Waals surface area contributed by atoms with E-state index >= 15 is 0 Å². The number of benzene rings is 3. The van der Waals surface area contributed by atoms with E-state index in [-0.39, 0.29) is 41.5 Å². The van der Waals surface area contributed by atoms with Crippen molar-refractivity contribution in [3.63, 3.8) is 0 Å². The van der Waals surface area contributed by atoms with Crippen LogP contribution in [0.4, 0.5) is 5.69 Å². The number of phenolic OH excluding ortho intramolecular Hbond substituents is 1. The molecular weight excluding hydrogens is 480 g/mol. The van der Waals surface area contributed by atoms with Gasteiger partial charge in [-0.2, -0.15) is 0 Å². The fourth-order valence-electron chi connectivity index (χ4n) is 4.19. The number of likely N-dealkylation sites (tertiary alicyclic amines) is 1. The molecule has 190 valence electrons. The summed E-state index contributed by atoms with van der Waals surface area (Å²) in [6.45, 7) is 2.06. The summed E-state index contributed by atoms with van der Waals surface area (Å²) < 4.78 is 10.7. The zero-order valence-corrected chi connectivity index (χ0v) is 20.1. The van der Waals surface area contributed by atoms with Gasteiger partial charge in [0.2, 0.25) is 0 Å². The average molecular weight is 504 g/mol. The minimum atomic E-state index is -1.02. The number of amides is 1. The molecule has 3 aromatic rings. The van der Waals surface area contributed by atoms with Gasteiger partial charge in [-0.15, -0.1) is 0 Å². The van der Waals surface area contributed by atoms with Crippen molar-refractivity contribution in [3.8, 4) is 17.2 Å². The van der Waals surface area contributed by atoms with Gasteiger partial charge in [-0.1, -0.05) is 18.2 Å². The van der Waals surface area contributed by atoms with Crippen molar-refractivity contribution in [1.82, 2.24) is 4.90 Å². The van der Waals surface area contributed by atoms with Gasteiger partial charge in [-0.25, -0.2) is 0 Å². The van der Waals surface area contributed by atoms with E-state index in [4.69, 9.17) is 9.47 Å². The van der Waals surface area contributed by atoms with E-state index in [1.807, 2.05) is 0 Å². The van der Waals surface area contributed by atoms with Crippen molar-refractivity contribution in [1.29, 1.82) is 0 Å². The van der Waals surface area contributed by atoms with Gasteiger partial charge in [0.05, 0.1) is 30.3 Å². The fraction of sp³-hybridized carbons (Fsp3) is 0.185. The second kappa shape index (κ2) is 10.4. The first kappa shape index (κ1) is 25.2. The lowest BCUT2D eigenvalue weighted by Gasteiger charge is -2.26. The molecule has 1 heterocycles. The number of ketones is 1. The lowest BCUT2D eigenvalue weighted by Crippen LogP contribution is -2.29. The van der Waals surface area contributed by atoms with Gasteiger partial charge in [0.25, 0.3) is 17.4 Å². The third-order valence-electron chi connectivity index (χ3n) is 6.00. The van der Waals surface area contributed by atoms with Crippen molar-refractivity contribution < 1.29 is 34.2 Å². The summed E-state index contributed by atoms with van der Waals surface area (Å²) in [6, 6.07) is 15.4. The molecule has 0 spiro atoms. The predicted molar refractivity (Wildman–Crippen MR) is 133 cm³/mol. The number of aromatic hydroxyl groups is 1. The number of carbonyl (C=O) groups excluding carboxylic acids is 2. The number of non-ortho nitro benzene ring substituents is 1. The van der Waals surface area contributed by atoms with Crippen LogP contribution in [0.5, 0.6) is 17.2 Å². The molecule has 3 aromatic carbocycles. The molecule has 4 rings (SSSR count). The molecule has 1 amide bonds. The van der Waals surface area contributed by atoms with Crippen LogP contribution >= 0.6 is 0 Å². The van der Waals surface area contributed by atoms with Crippen molar-refractivity contribution in [2.45, 2.75) is 19.5 Å². The lowest BCUT2D eigenvalue weighted by atomic mass is 9.94. The van der Waals surface area contributed by atoms with Gasteiger partial charge >= 0.3 is 0 Å². The van der Waals surface area contributed by atoms with Gasteiger partial charge in [-0.3, -0.25) is 19.7 Å². The van der Waals surface area contributed by atoms with Crippen molar-refractivity contribution in [3.05, 3.63) is 99.1 Å². The summed E-state index contributed by atoms with van der Waals surface area (Å²) in [7, 11) is 1.53. The number of rotatable bonds is 8. The van der Waals surface area contributed by atoms with Crippen LogP contribution in [-0.4, -0.2) is 45.4 Å². The van der Waals surface area contributed by atoms with Crippen LogP contribution in [0.2, 0.25) is 0 Å². The molecule has 37 heavy (non-hydrogen) atoms. The van der Waals surface area contributed by atoms with Crippen molar-refractivity contribution >= 4 is 23.1 Å². The van der Waals surface area contributed by atoms with Gasteiger partial charge in [0.15, 0.2) is 11.5 Å². The lowest BCUT2D eigenvalue weighted by molar-refractivity contribution is -0.384. The van der Waals surface area contributed by atoms with Crippen molar-refractivity contribution in [2.75, 3.05) is 13.7 Å². The zero-order chi connectivity index (χ0) is 26.7. The van der Waals surface area contributed by atoms with Crippen LogP contribution in [0.1, 0.15) is 29.7 Å². The summed E-state index contributed by atoms with van der Waals surface area (Å²) >= 11 is 0. The van der Waals surface area contributed by atoms with E-state index in [1.54, 1.807) is 37.3 Å². The Balaban J connectivity index is 1.85. The van der Waals surface area contributed by atoms with E-state index < -0.39 is 28.4 Å². The standard InChI is InChI=1S/C27H24N2O8/c1-3-37-22-14-18(8-13-21(22)30)24-23(25(31)17-6-9-19(10-7-17)29(34)35)26(32)27(33)28(24)15-16-4-11-20(36-2)12-5-16/h4-14,24,30-31H,3,15H2,1-2H3/b25-23-. The topological polar surface area (TPSA) is 139 Å². The number of carbonyl (C=O) groups is 2. The summed E-state index contributed by atoms with van der Waals surface area (Å²) in [6.07, 6.45) is 0. The maximum Gasteiger partial charge on any atom is 0.295 e. The molecule has 1 aliphatic heterocycles. The number of aliphatic hydroxyl groups excluding tert-OH is 1. The number of methoxy groups -OCH3 is 1. The van der Waals surface area contributed by atoms with E-state index in [1.165, 1.54) is 48.4 Å². The highest BCUT2D eigenvalue weighted by Crippen LogP contribution is 2.42. The number of phenols is 1. The van der Waals surface area contributed by atoms with E-state index in [2.05, 4.69) is 0 Å². The second-order valence-corrected chi connectivity index (χ2v) is 8.24. The Kier molecular flexibility index (Phi) is 7.10. The SMILES string of the molecule is CCOc1cc(C2/C(=C(/O)c3ccc([N+](=O)[O-])cc3)C(=O)C(=O)N2Cc2ccc(OC)cc2)ccc1O. The molecule has 0 radical (unpaired) electrons. The highest BCUT2D eigenvalue weighted by molar-refractivity contribution is 6.46. The number of aliphatic hydroxyl groups is 1. The summed E-state index contributed by atoms with van der Waals surface area (Å²) in [5.74, 6) is -1.53. The maximum absolute atomic E-state index is 13.2. The first-order valence-corrected chi connectivity index (χ1v) is 11.4. The third-order valence-corrected chi connectivity index (χ3v) is 6.00. The number of ether oxygens (including phenoxy) is 2. The molecule has 0 aromatic heterocycles. The molecule has 1 saturated heterocycles. The molecule has 1 atom stereocenters. The molecular formula is C27H24N2O8. The van der Waals surface area contributed by atoms with Gasteiger partial charge in [0, 0.05) is 24.2 Å². The molecule has 1 fully saturated rings. The first-order chi connectivity index (χ1) is 17.7. The Morgan fingerprint density at radius 3 is 2.32 bits per heavy atom. The molecule has 1 aliphatic rings. The van der Waals surface area contributed by atoms with Crippen LogP contribution < -0.4 is 9.47 Å². The Morgan fingerprint density at radius 2 is 1.73 bits per heavy atom. The minimum Gasteiger partial charge on any atom is -0.507 e. The number of nitro benzene ring substituents is 1. The maximum atomic E-state index is 13.2. The molecule has 10 heteroatoms. The summed E-state index contributed by atoms with van der Waals surface area (Å²) in [5.41, 5.74) is 0.916. The fourth-order valence-corrected chi connectivity index (χ4v) is 4.19. The number of hydrogen-bond donors (Lipinski definition) is 2. The Labute approximate surface area is 212 Å². The summed E-state index contributed by atoms with van der Waals surface area (Å²) in [4.78, 5) is 38.2. The number of nitrogens with zero attached hydrogens (tertiary/aromatic N) is 2. The van der Waals surface area contributed by atoms with Crippen LogP contribution in [0, 0.1) is 10.1 Å². The van der Waals surface area contributed by atoms with Crippen LogP contribution in [0.25, 0.3) is 5.76 Å². The van der Waals surface area contributed by atoms with E-state index in [0.717, 1.165) is 0 Å². The van der Waals surface area contributed by atoms with Crippen LogP contribution in [-0.2, 0) is 16.1 Å². The van der Waals surface area contributed by atoms with Gasteiger partial charge in [0.1, 0.15) is 11.5 Å². The van der Waals surface area contributed by atoms with Crippen LogP contribution in [0.3, 0.4) is 0 Å². The predicted octanol–water partition coefficient (Wildman–Crippen LogP) is 4.33. The largest absolute Gasteiger partial charge is 0.507 e. The van der Waals surface area contributed by atoms with E-state index in [0.29, 0.717) is 16.9 Å².